The number of hydrogen-bond donors (Lipinski definition) is 1. The highest BCUT2D eigenvalue weighted by atomic mass is 127. The van der Waals surface area contributed by atoms with E-state index in [0.29, 0.717) is 22.2 Å². The SMILES string of the molecule is O=C(c1ccc(I)c(F)c1)N1CCCC(O)C1. The van der Waals surface area contributed by atoms with Crippen molar-refractivity contribution < 1.29 is 14.3 Å². The van der Waals surface area contributed by atoms with Crippen LogP contribution in [0.2, 0.25) is 0 Å². The highest BCUT2D eigenvalue weighted by molar-refractivity contribution is 14.1. The summed E-state index contributed by atoms with van der Waals surface area (Å²) in [4.78, 5) is 13.6. The van der Waals surface area contributed by atoms with E-state index in [1.54, 1.807) is 17.0 Å². The molecule has 1 saturated heterocycles. The molecule has 0 aliphatic carbocycles. The van der Waals surface area contributed by atoms with E-state index in [-0.39, 0.29) is 11.7 Å². The van der Waals surface area contributed by atoms with Gasteiger partial charge in [-0.1, -0.05) is 0 Å². The molecule has 1 heterocycles. The molecule has 3 nitrogen and oxygen atoms in total. The number of carbonyl (C=O) groups is 1. The van der Waals surface area contributed by atoms with Crippen molar-refractivity contribution in [3.8, 4) is 0 Å². The van der Waals surface area contributed by atoms with Crippen LogP contribution in [-0.2, 0) is 0 Å². The Balaban J connectivity index is 2.15. The van der Waals surface area contributed by atoms with Crippen molar-refractivity contribution in [2.45, 2.75) is 18.9 Å². The maximum absolute atomic E-state index is 13.4. The van der Waals surface area contributed by atoms with Gasteiger partial charge in [-0.15, -0.1) is 0 Å². The number of carbonyl (C=O) groups excluding carboxylic acids is 1. The third-order valence-corrected chi connectivity index (χ3v) is 3.73. The lowest BCUT2D eigenvalue weighted by atomic mass is 10.1. The summed E-state index contributed by atoms with van der Waals surface area (Å²) in [6, 6.07) is 4.46. The van der Waals surface area contributed by atoms with E-state index in [1.165, 1.54) is 6.07 Å². The van der Waals surface area contributed by atoms with Gasteiger partial charge >= 0.3 is 0 Å². The van der Waals surface area contributed by atoms with E-state index in [0.717, 1.165) is 12.8 Å². The molecule has 17 heavy (non-hydrogen) atoms. The summed E-state index contributed by atoms with van der Waals surface area (Å²) >= 11 is 1.88. The first-order valence-electron chi connectivity index (χ1n) is 5.50. The van der Waals surface area contributed by atoms with Gasteiger partial charge in [0, 0.05) is 22.2 Å². The van der Waals surface area contributed by atoms with Crippen LogP contribution in [0.4, 0.5) is 4.39 Å². The Morgan fingerprint density at radius 3 is 2.94 bits per heavy atom. The monoisotopic (exact) mass is 349 g/mol. The lowest BCUT2D eigenvalue weighted by Gasteiger charge is -2.30. The number of amides is 1. The van der Waals surface area contributed by atoms with Crippen molar-refractivity contribution in [1.82, 2.24) is 4.90 Å². The quantitative estimate of drug-likeness (QED) is 0.789. The molecule has 1 atom stereocenters. The summed E-state index contributed by atoms with van der Waals surface area (Å²) < 4.78 is 13.9. The molecule has 1 aromatic carbocycles. The van der Waals surface area contributed by atoms with E-state index >= 15 is 0 Å². The second-order valence-electron chi connectivity index (χ2n) is 4.18. The zero-order valence-corrected chi connectivity index (χ0v) is 11.4. The van der Waals surface area contributed by atoms with Crippen LogP contribution in [0.5, 0.6) is 0 Å². The van der Waals surface area contributed by atoms with Gasteiger partial charge in [0.1, 0.15) is 5.82 Å². The molecule has 1 N–H and O–H groups in total. The van der Waals surface area contributed by atoms with E-state index < -0.39 is 6.10 Å². The third kappa shape index (κ3) is 2.95. The minimum absolute atomic E-state index is 0.209. The minimum atomic E-state index is -0.457. The molecule has 0 radical (unpaired) electrons. The Bertz CT molecular complexity index is 439. The van der Waals surface area contributed by atoms with Crippen LogP contribution in [0.25, 0.3) is 0 Å². The van der Waals surface area contributed by atoms with E-state index in [2.05, 4.69) is 0 Å². The molecule has 92 valence electrons. The van der Waals surface area contributed by atoms with Crippen molar-refractivity contribution in [3.63, 3.8) is 0 Å². The smallest absolute Gasteiger partial charge is 0.254 e. The number of nitrogens with zero attached hydrogens (tertiary/aromatic N) is 1. The van der Waals surface area contributed by atoms with Crippen LogP contribution in [0, 0.1) is 9.39 Å². The van der Waals surface area contributed by atoms with Gasteiger partial charge in [-0.05, 0) is 53.6 Å². The van der Waals surface area contributed by atoms with E-state index in [1.807, 2.05) is 22.6 Å². The number of aliphatic hydroxyl groups is 1. The maximum Gasteiger partial charge on any atom is 0.254 e. The molecule has 0 aromatic heterocycles. The molecular weight excluding hydrogens is 336 g/mol. The Labute approximate surface area is 113 Å². The molecule has 0 bridgehead atoms. The largest absolute Gasteiger partial charge is 0.391 e. The maximum atomic E-state index is 13.4. The summed E-state index contributed by atoms with van der Waals surface area (Å²) in [6.45, 7) is 0.968. The first kappa shape index (κ1) is 12.8. The fourth-order valence-corrected chi connectivity index (χ4v) is 2.29. The van der Waals surface area contributed by atoms with E-state index in [9.17, 15) is 14.3 Å². The molecule has 1 aromatic rings. The Hall–Kier alpha value is -0.690. The van der Waals surface area contributed by atoms with Crippen LogP contribution in [0.15, 0.2) is 18.2 Å². The minimum Gasteiger partial charge on any atom is -0.391 e. The number of aliphatic hydroxyl groups excluding tert-OH is 1. The average Bonchev–Trinajstić information content (AvgIpc) is 2.32. The second-order valence-corrected chi connectivity index (χ2v) is 5.34. The first-order valence-corrected chi connectivity index (χ1v) is 6.58. The highest BCUT2D eigenvalue weighted by Crippen LogP contribution is 2.17. The van der Waals surface area contributed by atoms with Gasteiger partial charge in [0.15, 0.2) is 0 Å². The summed E-state index contributed by atoms with van der Waals surface area (Å²) in [7, 11) is 0. The van der Waals surface area contributed by atoms with Gasteiger partial charge < -0.3 is 10.0 Å². The molecule has 2 rings (SSSR count). The van der Waals surface area contributed by atoms with Crippen molar-refractivity contribution >= 4 is 28.5 Å². The molecule has 1 aliphatic rings. The summed E-state index contributed by atoms with van der Waals surface area (Å²) in [6.07, 6.45) is 1.06. The van der Waals surface area contributed by atoms with Gasteiger partial charge in [0.05, 0.1) is 6.10 Å². The predicted octanol–water partition coefficient (Wildman–Crippen LogP) is 2.03. The zero-order chi connectivity index (χ0) is 12.4. The third-order valence-electron chi connectivity index (χ3n) is 2.85. The molecule has 1 aliphatic heterocycles. The van der Waals surface area contributed by atoms with Crippen LogP contribution >= 0.6 is 22.6 Å². The number of halogens is 2. The predicted molar refractivity (Wildman–Crippen MR) is 70.3 cm³/mol. The highest BCUT2D eigenvalue weighted by Gasteiger charge is 2.23. The molecule has 1 fully saturated rings. The topological polar surface area (TPSA) is 40.5 Å². The van der Waals surface area contributed by atoms with Crippen molar-refractivity contribution in [3.05, 3.63) is 33.1 Å². The standard InChI is InChI=1S/C12H13FINO2/c13-10-6-8(3-4-11(10)14)12(17)15-5-1-2-9(16)7-15/h3-4,6,9,16H,1-2,5,7H2. The lowest BCUT2D eigenvalue weighted by Crippen LogP contribution is -2.42. The molecule has 1 amide bonds. The Morgan fingerprint density at radius 1 is 1.53 bits per heavy atom. The summed E-state index contributed by atoms with van der Waals surface area (Å²) in [5.41, 5.74) is 0.344. The number of benzene rings is 1. The van der Waals surface area contributed by atoms with Gasteiger partial charge in [-0.3, -0.25) is 4.79 Å². The van der Waals surface area contributed by atoms with Gasteiger partial charge in [-0.2, -0.15) is 0 Å². The fraction of sp³-hybridized carbons (Fsp3) is 0.417. The van der Waals surface area contributed by atoms with E-state index in [4.69, 9.17) is 0 Å². The number of rotatable bonds is 1. The van der Waals surface area contributed by atoms with Gasteiger partial charge in [-0.25, -0.2) is 4.39 Å². The first-order chi connectivity index (χ1) is 8.08. The Morgan fingerprint density at radius 2 is 2.29 bits per heavy atom. The zero-order valence-electron chi connectivity index (χ0n) is 9.20. The summed E-state index contributed by atoms with van der Waals surface area (Å²) in [5, 5.41) is 9.50. The van der Waals surface area contributed by atoms with Crippen molar-refractivity contribution in [2.24, 2.45) is 0 Å². The fourth-order valence-electron chi connectivity index (χ4n) is 1.95. The number of likely N-dealkylation sites (tertiary alicyclic amines) is 1. The normalized spacial score (nSPS) is 20.4. The van der Waals surface area contributed by atoms with Gasteiger partial charge in [0.25, 0.3) is 5.91 Å². The van der Waals surface area contributed by atoms with Crippen molar-refractivity contribution in [2.75, 3.05) is 13.1 Å². The van der Waals surface area contributed by atoms with Crippen LogP contribution < -0.4 is 0 Å². The second kappa shape index (κ2) is 5.30. The summed E-state index contributed by atoms with van der Waals surface area (Å²) in [5.74, 6) is -0.590. The molecule has 5 heteroatoms. The lowest BCUT2D eigenvalue weighted by molar-refractivity contribution is 0.0473. The number of piperidine rings is 1. The molecular formula is C12H13FINO2. The Kier molecular flexibility index (Phi) is 3.98. The average molecular weight is 349 g/mol. The van der Waals surface area contributed by atoms with Crippen LogP contribution in [0.1, 0.15) is 23.2 Å². The number of hydrogen-bond acceptors (Lipinski definition) is 2. The molecule has 1 unspecified atom stereocenters. The molecule has 0 spiro atoms. The number of β-amino-alcohol motifs (C(OH)–C–C–N with tert-alkyl or cyclic N) is 1. The van der Waals surface area contributed by atoms with Crippen molar-refractivity contribution in [1.29, 1.82) is 0 Å². The van der Waals surface area contributed by atoms with Crippen LogP contribution in [0.3, 0.4) is 0 Å². The van der Waals surface area contributed by atoms with Crippen LogP contribution in [-0.4, -0.2) is 35.1 Å². The molecule has 0 saturated carbocycles. The van der Waals surface area contributed by atoms with Gasteiger partial charge in [0.2, 0.25) is 0 Å².